The molecular weight excluding hydrogens is 396 g/mol. The molecule has 0 fully saturated rings. The zero-order valence-corrected chi connectivity index (χ0v) is 17.0. The standard InChI is InChI=1S/C24H22N2O3S/c27-21(22(28)24-26-18-13-7-8-14-20(18)30-24)23(29)25-19(17-11-5-2-6-12-17)15-16-9-3-1-4-10-16/h1-14,19,21-22,27-28H,15H2,(H,25,29). The zero-order valence-electron chi connectivity index (χ0n) is 16.2. The number of aromatic nitrogens is 1. The second kappa shape index (κ2) is 9.17. The van der Waals surface area contributed by atoms with Crippen LogP contribution in [0.4, 0.5) is 0 Å². The Morgan fingerprint density at radius 1 is 0.900 bits per heavy atom. The van der Waals surface area contributed by atoms with E-state index in [9.17, 15) is 15.0 Å². The molecule has 0 aliphatic rings. The molecule has 5 nitrogen and oxygen atoms in total. The number of aliphatic hydroxyl groups is 2. The van der Waals surface area contributed by atoms with Gasteiger partial charge in [0.1, 0.15) is 11.1 Å². The normalized spacial score (nSPS) is 14.2. The maximum absolute atomic E-state index is 12.8. The van der Waals surface area contributed by atoms with Gasteiger partial charge in [0.05, 0.1) is 16.3 Å². The van der Waals surface area contributed by atoms with Crippen LogP contribution in [0.3, 0.4) is 0 Å². The summed E-state index contributed by atoms with van der Waals surface area (Å²) in [6.07, 6.45) is -2.44. The first-order chi connectivity index (χ1) is 14.6. The highest BCUT2D eigenvalue weighted by atomic mass is 32.1. The quantitative estimate of drug-likeness (QED) is 0.426. The van der Waals surface area contributed by atoms with Crippen LogP contribution in [0.15, 0.2) is 84.9 Å². The summed E-state index contributed by atoms with van der Waals surface area (Å²) in [5.74, 6) is -0.633. The van der Waals surface area contributed by atoms with Crippen molar-refractivity contribution in [2.24, 2.45) is 0 Å². The molecule has 0 bridgehead atoms. The Hall–Kier alpha value is -3.06. The smallest absolute Gasteiger partial charge is 0.252 e. The van der Waals surface area contributed by atoms with E-state index in [1.165, 1.54) is 11.3 Å². The summed E-state index contributed by atoms with van der Waals surface area (Å²) < 4.78 is 0.894. The SMILES string of the molecule is O=C(NC(Cc1ccccc1)c1ccccc1)C(O)C(O)c1nc2ccccc2s1. The van der Waals surface area contributed by atoms with Crippen LogP contribution in [0.2, 0.25) is 0 Å². The Balaban J connectivity index is 1.52. The summed E-state index contributed by atoms with van der Waals surface area (Å²) in [6, 6.07) is 26.6. The molecule has 1 aromatic heterocycles. The largest absolute Gasteiger partial charge is 0.383 e. The average Bonchev–Trinajstić information content (AvgIpc) is 3.23. The van der Waals surface area contributed by atoms with Gasteiger partial charge in [0.2, 0.25) is 0 Å². The van der Waals surface area contributed by atoms with Crippen molar-refractivity contribution < 1.29 is 15.0 Å². The van der Waals surface area contributed by atoms with E-state index in [4.69, 9.17) is 0 Å². The third kappa shape index (κ3) is 4.57. The number of fused-ring (bicyclic) bond motifs is 1. The van der Waals surface area contributed by atoms with Gasteiger partial charge in [0.25, 0.3) is 5.91 Å². The molecule has 0 spiro atoms. The Bertz CT molecular complexity index is 1080. The lowest BCUT2D eigenvalue weighted by molar-refractivity contribution is -0.136. The van der Waals surface area contributed by atoms with Crippen molar-refractivity contribution in [3.8, 4) is 0 Å². The highest BCUT2D eigenvalue weighted by Crippen LogP contribution is 2.28. The number of carbonyl (C=O) groups is 1. The molecule has 3 atom stereocenters. The fourth-order valence-corrected chi connectivity index (χ4v) is 4.32. The monoisotopic (exact) mass is 418 g/mol. The van der Waals surface area contributed by atoms with Crippen molar-refractivity contribution in [1.82, 2.24) is 10.3 Å². The van der Waals surface area contributed by atoms with Gasteiger partial charge in [-0.05, 0) is 29.7 Å². The van der Waals surface area contributed by atoms with Crippen LogP contribution in [0, 0.1) is 0 Å². The van der Waals surface area contributed by atoms with Crippen LogP contribution < -0.4 is 5.32 Å². The molecule has 0 saturated heterocycles. The number of hydrogen-bond acceptors (Lipinski definition) is 5. The Kier molecular flexibility index (Phi) is 6.18. The fraction of sp³-hybridized carbons (Fsp3) is 0.167. The van der Waals surface area contributed by atoms with E-state index >= 15 is 0 Å². The van der Waals surface area contributed by atoms with E-state index in [2.05, 4.69) is 10.3 Å². The second-order valence-corrected chi connectivity index (χ2v) is 8.13. The van der Waals surface area contributed by atoms with Crippen molar-refractivity contribution >= 4 is 27.5 Å². The van der Waals surface area contributed by atoms with Crippen molar-refractivity contribution in [3.63, 3.8) is 0 Å². The molecule has 0 saturated carbocycles. The molecule has 3 aromatic carbocycles. The topological polar surface area (TPSA) is 82.5 Å². The predicted octanol–water partition coefficient (Wildman–Crippen LogP) is 3.79. The summed E-state index contributed by atoms with van der Waals surface area (Å²) in [5.41, 5.74) is 2.72. The lowest BCUT2D eigenvalue weighted by Gasteiger charge is -2.23. The van der Waals surface area contributed by atoms with Crippen LogP contribution in [-0.4, -0.2) is 27.2 Å². The van der Waals surface area contributed by atoms with E-state index in [1.807, 2.05) is 84.9 Å². The number of benzene rings is 3. The first-order valence-electron chi connectivity index (χ1n) is 9.72. The van der Waals surface area contributed by atoms with Crippen molar-refractivity contribution in [1.29, 1.82) is 0 Å². The molecule has 1 heterocycles. The second-order valence-electron chi connectivity index (χ2n) is 7.07. The van der Waals surface area contributed by atoms with Crippen LogP contribution in [0.5, 0.6) is 0 Å². The summed E-state index contributed by atoms with van der Waals surface area (Å²) in [7, 11) is 0. The predicted molar refractivity (Wildman–Crippen MR) is 118 cm³/mol. The molecule has 0 aliphatic heterocycles. The molecule has 3 N–H and O–H groups in total. The van der Waals surface area contributed by atoms with Gasteiger partial charge < -0.3 is 15.5 Å². The molecule has 4 aromatic rings. The van der Waals surface area contributed by atoms with E-state index < -0.39 is 18.1 Å². The minimum Gasteiger partial charge on any atom is -0.383 e. The van der Waals surface area contributed by atoms with E-state index in [0.29, 0.717) is 11.4 Å². The molecule has 1 amide bonds. The van der Waals surface area contributed by atoms with Gasteiger partial charge in [0.15, 0.2) is 6.10 Å². The highest BCUT2D eigenvalue weighted by molar-refractivity contribution is 7.18. The number of carbonyl (C=O) groups excluding carboxylic acids is 1. The Morgan fingerprint density at radius 3 is 2.23 bits per heavy atom. The maximum Gasteiger partial charge on any atom is 0.252 e. The number of rotatable bonds is 7. The first kappa shape index (κ1) is 20.2. The van der Waals surface area contributed by atoms with Gasteiger partial charge in [-0.25, -0.2) is 4.98 Å². The molecule has 3 unspecified atom stereocenters. The molecule has 6 heteroatoms. The van der Waals surface area contributed by atoms with E-state index in [1.54, 1.807) is 0 Å². The number of thiazole rings is 1. The molecule has 0 aliphatic carbocycles. The molecule has 152 valence electrons. The molecule has 0 radical (unpaired) electrons. The summed E-state index contributed by atoms with van der Waals surface area (Å²) in [4.78, 5) is 17.2. The first-order valence-corrected chi connectivity index (χ1v) is 10.5. The van der Waals surface area contributed by atoms with E-state index in [-0.39, 0.29) is 6.04 Å². The maximum atomic E-state index is 12.8. The van der Waals surface area contributed by atoms with Crippen LogP contribution in [0.25, 0.3) is 10.2 Å². The summed E-state index contributed by atoms with van der Waals surface area (Å²) >= 11 is 1.27. The minimum absolute atomic E-state index is 0.318. The number of nitrogens with one attached hydrogen (secondary N) is 1. The number of aliphatic hydroxyl groups excluding tert-OH is 2. The zero-order chi connectivity index (χ0) is 20.9. The molecule has 4 rings (SSSR count). The highest BCUT2D eigenvalue weighted by Gasteiger charge is 2.30. The summed E-state index contributed by atoms with van der Waals surface area (Å²) in [5, 5.41) is 24.3. The van der Waals surface area contributed by atoms with Gasteiger partial charge in [-0.15, -0.1) is 11.3 Å². The van der Waals surface area contributed by atoms with Gasteiger partial charge in [-0.1, -0.05) is 72.8 Å². The number of hydrogen-bond donors (Lipinski definition) is 3. The van der Waals surface area contributed by atoms with E-state index in [0.717, 1.165) is 21.3 Å². The number of amides is 1. The molecule has 30 heavy (non-hydrogen) atoms. The van der Waals surface area contributed by atoms with Crippen molar-refractivity contribution in [2.75, 3.05) is 0 Å². The number of para-hydroxylation sites is 1. The average molecular weight is 419 g/mol. The van der Waals surface area contributed by atoms with Gasteiger partial charge >= 0.3 is 0 Å². The van der Waals surface area contributed by atoms with Crippen LogP contribution in [0.1, 0.15) is 28.3 Å². The van der Waals surface area contributed by atoms with Crippen molar-refractivity contribution in [2.45, 2.75) is 24.7 Å². The number of nitrogens with zero attached hydrogens (tertiary/aromatic N) is 1. The van der Waals surface area contributed by atoms with Crippen LogP contribution >= 0.6 is 11.3 Å². The van der Waals surface area contributed by atoms with Crippen molar-refractivity contribution in [3.05, 3.63) is 101 Å². The van der Waals surface area contributed by atoms with Gasteiger partial charge in [-0.3, -0.25) is 4.79 Å². The lowest BCUT2D eigenvalue weighted by Crippen LogP contribution is -2.41. The Labute approximate surface area is 178 Å². The Morgan fingerprint density at radius 2 is 1.53 bits per heavy atom. The fourth-order valence-electron chi connectivity index (χ4n) is 3.34. The molecular formula is C24H22N2O3S. The minimum atomic E-state index is -1.62. The van der Waals surface area contributed by atoms with Gasteiger partial charge in [0, 0.05) is 0 Å². The third-order valence-corrected chi connectivity index (χ3v) is 6.04. The summed E-state index contributed by atoms with van der Waals surface area (Å²) in [6.45, 7) is 0. The third-order valence-electron chi connectivity index (χ3n) is 4.93. The van der Waals surface area contributed by atoms with Gasteiger partial charge in [-0.2, -0.15) is 0 Å². The lowest BCUT2D eigenvalue weighted by atomic mass is 9.98. The van der Waals surface area contributed by atoms with Crippen LogP contribution in [-0.2, 0) is 11.2 Å².